The van der Waals surface area contributed by atoms with Gasteiger partial charge in [0.05, 0.1) is 124 Å². The Morgan fingerprint density at radius 2 is 0.712 bits per heavy atom. The van der Waals surface area contributed by atoms with E-state index in [2.05, 4.69) is 244 Å². The van der Waals surface area contributed by atoms with E-state index in [1.807, 2.05) is 83.9 Å². The van der Waals surface area contributed by atoms with Crippen molar-refractivity contribution in [1.82, 2.24) is 65.7 Å². The van der Waals surface area contributed by atoms with Gasteiger partial charge in [0.2, 0.25) is 26.9 Å². The Hall–Kier alpha value is -12.7. The van der Waals surface area contributed by atoms with Crippen LogP contribution in [-0.2, 0) is 0 Å². The molecule has 0 aliphatic carbocycles. The summed E-state index contributed by atoms with van der Waals surface area (Å²) in [6.45, 7) is 0. The summed E-state index contributed by atoms with van der Waals surface area (Å²) in [7, 11) is 0. The third-order valence-electron chi connectivity index (χ3n) is 20.1. The lowest BCUT2D eigenvalue weighted by molar-refractivity contribution is 0.442. The molecule has 0 saturated carbocycles. The number of para-hydroxylation sites is 8. The Morgan fingerprint density at radius 3 is 1.24 bits per heavy atom. The predicted octanol–water partition coefficient (Wildman–Crippen LogP) is 23.5. The van der Waals surface area contributed by atoms with Crippen molar-refractivity contribution in [3.63, 3.8) is 0 Å². The minimum absolute atomic E-state index is 0.120. The maximum absolute atomic E-state index is 6.55. The molecule has 14 aromatic heterocycles. The summed E-state index contributed by atoms with van der Waals surface area (Å²) in [5.74, 6) is 1.48. The highest BCUT2D eigenvalue weighted by Gasteiger charge is 2.35. The molecule has 0 spiro atoms. The van der Waals surface area contributed by atoms with Crippen molar-refractivity contribution in [3.8, 4) is 71.5 Å². The van der Waals surface area contributed by atoms with Gasteiger partial charge in [-0.15, -0.1) is 45.3 Å². The lowest BCUT2D eigenvalue weighted by Crippen LogP contribution is -2.23. The van der Waals surface area contributed by atoms with Crippen LogP contribution < -0.4 is 24.4 Å². The predicted molar refractivity (Wildman–Crippen MR) is 456 cm³/mol. The zero-order valence-corrected chi connectivity index (χ0v) is 63.9. The van der Waals surface area contributed by atoms with Gasteiger partial charge < -0.3 is 24.4 Å². The number of thiazole rings is 7. The van der Waals surface area contributed by atoms with E-state index >= 15 is 0 Å². The topological polar surface area (TPSA) is 164 Å². The van der Waals surface area contributed by atoms with Crippen LogP contribution in [-0.4, -0.2) is 71.2 Å². The fraction of sp³-hybridized carbons (Fsp3) is 0.0119. The summed E-state index contributed by atoms with van der Waals surface area (Å²) in [6, 6.07) is 76.1. The Bertz CT molecular complexity index is 7830. The van der Waals surface area contributed by atoms with Crippen molar-refractivity contribution in [2.75, 3.05) is 10.2 Å². The first kappa shape index (κ1) is 63.2. The molecule has 2 aliphatic rings. The molecule has 24 aromatic rings. The second kappa shape index (κ2) is 24.9. The van der Waals surface area contributed by atoms with Gasteiger partial charge in [0.1, 0.15) is 0 Å². The van der Waals surface area contributed by atoms with E-state index in [9.17, 15) is 0 Å². The molecule has 16 heterocycles. The molecule has 111 heavy (non-hydrogen) atoms. The molecule has 19 nitrogen and oxygen atoms in total. The number of imidazole rings is 7. The average Bonchev–Trinajstić information content (AvgIpc) is 1.60. The summed E-state index contributed by atoms with van der Waals surface area (Å²) >= 11 is 12.8. The smallest absolute Gasteiger partial charge is 0.219 e. The van der Waals surface area contributed by atoms with E-state index in [-0.39, 0.29) is 5.50 Å². The number of hydrogen-bond donors (Lipinski definition) is 1. The van der Waals surface area contributed by atoms with Gasteiger partial charge in [-0.2, -0.15) is 0 Å². The molecule has 10 aromatic carbocycles. The van der Waals surface area contributed by atoms with Gasteiger partial charge >= 0.3 is 0 Å². The fourth-order valence-corrected chi connectivity index (χ4v) is 21.7. The average molecular weight is 1590 g/mol. The van der Waals surface area contributed by atoms with Crippen LogP contribution in [0.1, 0.15) is 0 Å². The summed E-state index contributed by atoms with van der Waals surface area (Å²) < 4.78 is 33.7. The highest BCUT2D eigenvalue weighted by atomic mass is 32.2. The summed E-state index contributed by atoms with van der Waals surface area (Å²) in [5, 5.41) is 15.1. The molecule has 0 bridgehead atoms. The van der Waals surface area contributed by atoms with Gasteiger partial charge in [-0.05, 0) is 165 Å². The number of benzene rings is 10. The number of nitrogens with zero attached hydrogens (tertiary/aromatic N) is 15. The number of nitrogens with one attached hydrogen (secondary N) is 1. The maximum atomic E-state index is 6.55. The zero-order chi connectivity index (χ0) is 72.5. The molecule has 0 radical (unpaired) electrons. The number of aromatic nitrogens is 14. The third-order valence-corrected chi connectivity index (χ3v) is 26.8. The van der Waals surface area contributed by atoms with Crippen molar-refractivity contribution in [2.24, 2.45) is 0 Å². The first-order valence-electron chi connectivity index (χ1n) is 35.2. The normalized spacial score (nSPS) is 13.6. The number of hydrogen-bond acceptors (Lipinski definition) is 20. The summed E-state index contributed by atoms with van der Waals surface area (Å²) in [5.41, 5.74) is 26.1. The molecule has 1 N–H and O–H groups in total. The third kappa shape index (κ3) is 10.6. The number of anilines is 2. The van der Waals surface area contributed by atoms with Gasteiger partial charge in [0.15, 0.2) is 45.3 Å². The molecule has 0 saturated heterocycles. The first-order chi connectivity index (χ1) is 54.8. The summed E-state index contributed by atoms with van der Waals surface area (Å²) in [6.07, 6.45) is 12.3. The maximum Gasteiger partial charge on any atom is 0.219 e. The van der Waals surface area contributed by atoms with Crippen LogP contribution in [0, 0.1) is 0 Å². The van der Waals surface area contributed by atoms with E-state index in [1.165, 1.54) is 16.8 Å². The highest BCUT2D eigenvalue weighted by Crippen LogP contribution is 2.48. The van der Waals surface area contributed by atoms with E-state index in [0.717, 1.165) is 183 Å². The number of thioether (sulfide) groups is 1. The summed E-state index contributed by atoms with van der Waals surface area (Å²) in [4.78, 5) is 42.1. The van der Waals surface area contributed by atoms with Crippen molar-refractivity contribution in [3.05, 3.63) is 282 Å². The lowest BCUT2D eigenvalue weighted by Gasteiger charge is -2.13. The standard InChI is InChI=1S/C33H18N6OS3.C33H20N6OS3.C18H10N4OS2/c1-2-7-26-23(6-1)35-32-38(26)29(17-42-32)40-30-18-43-33-36-25-11-9-22(16-28(25)39(30)33)20-5-3-4-19(14-20)21-8-10-24-27(15-21)37-12-13-41-31(37)34-24;1-2-7-26-23(6-1)35-32-38(26)17-29(42-32)40-30-18-39-28-16-22(9-11-25(28)36-33(39)43-30)20-5-3-4-19(14-20)21-8-10-24-27(15-21)37-12-13-41-31(37)34-24;1-3-7-13-11(5-1)19-17-21(13)9-15(24-17)23-16-10-22-14-8-4-2-6-12(14)20-18(22)25-16/h1-18H;1-18,32,35H;1-10H. The van der Waals surface area contributed by atoms with E-state index in [4.69, 9.17) is 39.1 Å². The second-order valence-electron chi connectivity index (χ2n) is 26.6. The van der Waals surface area contributed by atoms with E-state index in [1.54, 1.807) is 91.1 Å². The minimum Gasteiger partial charge on any atom is -0.436 e. The molecule has 1 unspecified atom stereocenters. The molecule has 27 heteroatoms. The van der Waals surface area contributed by atoms with E-state index in [0.29, 0.717) is 0 Å². The quantitative estimate of drug-likeness (QED) is 0.138. The van der Waals surface area contributed by atoms with Gasteiger partial charge in [-0.25, -0.2) is 34.9 Å². The Morgan fingerprint density at radius 1 is 0.315 bits per heavy atom. The number of ether oxygens (including phenoxy) is 3. The SMILES string of the molecule is C1=C(Oc2cn3c(nc4ccc(-c5cccc(-c6ccc7nc8sccn8c7c6)c5)cc43)s2)SC2Nc3ccccc3N12.c1cc(-c2ccc3nc4sccn4c3c2)cc(-c2ccc3nc4scc(Oc5csc6nc7ccccc7n56)n4c3c2)c1.c1ccc2c(c1)nc1sc(Oc3cn4c(nc5ccccc54)s3)cn12. The van der Waals surface area contributed by atoms with Crippen molar-refractivity contribution in [1.29, 1.82) is 0 Å². The van der Waals surface area contributed by atoms with Crippen molar-refractivity contribution >= 4 is 214 Å². The molecule has 530 valence electrons. The van der Waals surface area contributed by atoms with Crippen LogP contribution in [0.25, 0.3) is 156 Å². The molecule has 2 aliphatic heterocycles. The van der Waals surface area contributed by atoms with Crippen LogP contribution in [0.3, 0.4) is 0 Å². The van der Waals surface area contributed by atoms with Gasteiger partial charge in [0, 0.05) is 23.2 Å². The minimum atomic E-state index is 0.120. The van der Waals surface area contributed by atoms with Crippen LogP contribution in [0.4, 0.5) is 11.4 Å². The fourth-order valence-electron chi connectivity index (χ4n) is 15.0. The van der Waals surface area contributed by atoms with Crippen molar-refractivity contribution < 1.29 is 14.2 Å². The molecular weight excluding hydrogens is 1540 g/mol. The van der Waals surface area contributed by atoms with Gasteiger partial charge in [0.25, 0.3) is 0 Å². The molecule has 0 amide bonds. The number of rotatable bonds is 10. The Balaban J connectivity index is 0.000000101. The van der Waals surface area contributed by atoms with Gasteiger partial charge in [-0.1, -0.05) is 143 Å². The molecular formula is C84H48N16O3S8. The van der Waals surface area contributed by atoms with E-state index < -0.39 is 0 Å². The molecule has 0 fully saturated rings. The van der Waals surface area contributed by atoms with Crippen molar-refractivity contribution in [2.45, 2.75) is 5.50 Å². The van der Waals surface area contributed by atoms with Crippen LogP contribution in [0.5, 0.6) is 26.9 Å². The van der Waals surface area contributed by atoms with Crippen LogP contribution in [0.2, 0.25) is 0 Å². The van der Waals surface area contributed by atoms with Gasteiger partial charge in [-0.3, -0.25) is 30.8 Å². The Kier molecular flexibility index (Phi) is 14.2. The Labute approximate surface area is 658 Å². The van der Waals surface area contributed by atoms with Crippen LogP contribution in [0.15, 0.2) is 282 Å². The zero-order valence-electron chi connectivity index (χ0n) is 57.3. The van der Waals surface area contributed by atoms with Crippen LogP contribution >= 0.6 is 91.1 Å². The highest BCUT2D eigenvalue weighted by molar-refractivity contribution is 8.04. The second-order valence-corrected chi connectivity index (χ2v) is 34.0. The molecule has 26 rings (SSSR count). The largest absolute Gasteiger partial charge is 0.436 e. The monoisotopic (exact) mass is 1580 g/mol. The first-order valence-corrected chi connectivity index (χ1v) is 42.1. The molecule has 1 atom stereocenters. The number of fused-ring (bicyclic) bond motifs is 24. The lowest BCUT2D eigenvalue weighted by atomic mass is 9.98.